The molecule has 1 saturated heterocycles. The Morgan fingerprint density at radius 3 is 2.44 bits per heavy atom. The van der Waals surface area contributed by atoms with Gasteiger partial charge in [-0.15, -0.1) is 0 Å². The molecule has 1 N–H and O–H groups in total. The largest absolute Gasteiger partial charge is 0.368 e. The van der Waals surface area contributed by atoms with Gasteiger partial charge in [-0.25, -0.2) is 0 Å². The van der Waals surface area contributed by atoms with Crippen LogP contribution in [0.3, 0.4) is 0 Å². The van der Waals surface area contributed by atoms with Crippen LogP contribution in [-0.2, 0) is 6.42 Å². The van der Waals surface area contributed by atoms with Crippen LogP contribution in [0.15, 0.2) is 72.0 Å². The molecule has 0 bridgehead atoms. The SMILES string of the molecule is N=NOc1ccccc1CCN1CCN(c2cccc3ccccc23)CC1. The van der Waals surface area contributed by atoms with Crippen LogP contribution in [0.2, 0.25) is 0 Å². The molecule has 0 atom stereocenters. The highest BCUT2D eigenvalue weighted by atomic mass is 16.6. The van der Waals surface area contributed by atoms with E-state index in [0.717, 1.165) is 44.7 Å². The van der Waals surface area contributed by atoms with Crippen molar-refractivity contribution < 1.29 is 4.84 Å². The molecule has 1 aliphatic rings. The topological polar surface area (TPSA) is 51.9 Å². The van der Waals surface area contributed by atoms with E-state index in [1.165, 1.54) is 16.5 Å². The molecule has 0 spiro atoms. The van der Waals surface area contributed by atoms with Crippen LogP contribution in [0.5, 0.6) is 5.75 Å². The fourth-order valence-electron chi connectivity index (χ4n) is 3.82. The zero-order valence-corrected chi connectivity index (χ0v) is 15.3. The zero-order chi connectivity index (χ0) is 18.5. The van der Waals surface area contributed by atoms with E-state index in [1.54, 1.807) is 0 Å². The van der Waals surface area contributed by atoms with E-state index >= 15 is 0 Å². The Bertz CT molecular complexity index is 914. The maximum absolute atomic E-state index is 6.91. The Hall–Kier alpha value is -2.92. The van der Waals surface area contributed by atoms with Gasteiger partial charge in [0.25, 0.3) is 0 Å². The quantitative estimate of drug-likeness (QED) is 0.519. The maximum atomic E-state index is 6.91. The van der Waals surface area contributed by atoms with Crippen LogP contribution in [0.1, 0.15) is 5.56 Å². The summed E-state index contributed by atoms with van der Waals surface area (Å²) in [6.45, 7) is 5.16. The number of fused-ring (bicyclic) bond motifs is 1. The Kier molecular flexibility index (Phi) is 5.30. The van der Waals surface area contributed by atoms with Crippen molar-refractivity contribution in [2.24, 2.45) is 5.28 Å². The van der Waals surface area contributed by atoms with Crippen molar-refractivity contribution in [3.8, 4) is 5.75 Å². The first-order chi connectivity index (χ1) is 13.3. The second-order valence-corrected chi connectivity index (χ2v) is 6.87. The lowest BCUT2D eigenvalue weighted by Gasteiger charge is -2.36. The van der Waals surface area contributed by atoms with Gasteiger partial charge in [-0.1, -0.05) is 54.6 Å². The van der Waals surface area contributed by atoms with E-state index < -0.39 is 0 Å². The summed E-state index contributed by atoms with van der Waals surface area (Å²) in [5.74, 6) is 0.682. The molecular weight excluding hydrogens is 336 g/mol. The molecule has 0 amide bonds. The fourth-order valence-corrected chi connectivity index (χ4v) is 3.82. The molecule has 0 saturated carbocycles. The predicted octanol–water partition coefficient (Wildman–Crippen LogP) is 4.53. The third-order valence-corrected chi connectivity index (χ3v) is 5.29. The fraction of sp³-hybridized carbons (Fsp3) is 0.273. The highest BCUT2D eigenvalue weighted by Gasteiger charge is 2.18. The zero-order valence-electron chi connectivity index (χ0n) is 15.3. The smallest absolute Gasteiger partial charge is 0.163 e. The van der Waals surface area contributed by atoms with Crippen molar-refractivity contribution in [2.45, 2.75) is 6.42 Å². The minimum atomic E-state index is 0.682. The van der Waals surface area contributed by atoms with Gasteiger partial charge in [0.2, 0.25) is 0 Å². The second-order valence-electron chi connectivity index (χ2n) is 6.87. The first-order valence-electron chi connectivity index (χ1n) is 9.42. The van der Waals surface area contributed by atoms with E-state index in [9.17, 15) is 0 Å². The van der Waals surface area contributed by atoms with Crippen molar-refractivity contribution in [1.82, 2.24) is 4.90 Å². The molecule has 0 aromatic heterocycles. The summed E-state index contributed by atoms with van der Waals surface area (Å²) in [5, 5.41) is 5.69. The van der Waals surface area contributed by atoms with E-state index in [2.05, 4.69) is 57.5 Å². The number of hydrogen-bond donors (Lipinski definition) is 1. The third kappa shape index (κ3) is 3.93. The van der Waals surface area contributed by atoms with E-state index in [4.69, 9.17) is 10.4 Å². The summed E-state index contributed by atoms with van der Waals surface area (Å²) in [4.78, 5) is 10.0. The number of nitrogens with one attached hydrogen (secondary N) is 1. The number of rotatable bonds is 6. The minimum absolute atomic E-state index is 0.682. The van der Waals surface area contributed by atoms with E-state index in [-0.39, 0.29) is 0 Å². The molecule has 1 aliphatic heterocycles. The number of hydrogen-bond acceptors (Lipinski definition) is 5. The maximum Gasteiger partial charge on any atom is 0.163 e. The first-order valence-corrected chi connectivity index (χ1v) is 9.42. The van der Waals surface area contributed by atoms with Gasteiger partial charge in [-0.05, 0) is 29.5 Å². The lowest BCUT2D eigenvalue weighted by molar-refractivity contribution is 0.257. The van der Waals surface area contributed by atoms with Gasteiger partial charge < -0.3 is 9.74 Å². The number of para-hydroxylation sites is 1. The lowest BCUT2D eigenvalue weighted by atomic mass is 10.1. The highest BCUT2D eigenvalue weighted by molar-refractivity contribution is 5.94. The Labute approximate surface area is 159 Å². The molecule has 27 heavy (non-hydrogen) atoms. The molecule has 138 valence electrons. The van der Waals surface area contributed by atoms with Gasteiger partial charge in [0.05, 0.1) is 0 Å². The van der Waals surface area contributed by atoms with Crippen LogP contribution in [0.25, 0.3) is 10.8 Å². The number of nitrogens with zero attached hydrogens (tertiary/aromatic N) is 3. The molecule has 0 unspecified atom stereocenters. The van der Waals surface area contributed by atoms with Gasteiger partial charge >= 0.3 is 0 Å². The Morgan fingerprint density at radius 1 is 0.852 bits per heavy atom. The van der Waals surface area contributed by atoms with Gasteiger partial charge in [-0.2, -0.15) is 5.53 Å². The summed E-state index contributed by atoms with van der Waals surface area (Å²) in [6.07, 6.45) is 0.903. The molecule has 0 radical (unpaired) electrons. The van der Waals surface area contributed by atoms with Gasteiger partial charge in [0.15, 0.2) is 5.75 Å². The molecule has 0 aliphatic carbocycles. The van der Waals surface area contributed by atoms with Crippen molar-refractivity contribution in [2.75, 3.05) is 37.6 Å². The van der Waals surface area contributed by atoms with Gasteiger partial charge in [0, 0.05) is 49.1 Å². The third-order valence-electron chi connectivity index (χ3n) is 5.29. The normalized spacial score (nSPS) is 15.0. The Balaban J connectivity index is 1.37. The molecule has 5 heteroatoms. The highest BCUT2D eigenvalue weighted by Crippen LogP contribution is 2.27. The van der Waals surface area contributed by atoms with Gasteiger partial charge in [-0.3, -0.25) is 4.90 Å². The van der Waals surface area contributed by atoms with Gasteiger partial charge in [0.1, 0.15) is 0 Å². The molecule has 1 heterocycles. The minimum Gasteiger partial charge on any atom is -0.368 e. The summed E-state index contributed by atoms with van der Waals surface area (Å²) in [7, 11) is 0. The Morgan fingerprint density at radius 2 is 1.59 bits per heavy atom. The number of anilines is 1. The van der Waals surface area contributed by atoms with Crippen molar-refractivity contribution in [3.05, 3.63) is 72.3 Å². The molecule has 5 nitrogen and oxygen atoms in total. The first kappa shape index (κ1) is 17.5. The van der Waals surface area contributed by atoms with E-state index in [0.29, 0.717) is 5.75 Å². The van der Waals surface area contributed by atoms with Crippen LogP contribution < -0.4 is 9.74 Å². The number of piperazine rings is 1. The van der Waals surface area contributed by atoms with Crippen molar-refractivity contribution >= 4 is 16.5 Å². The lowest BCUT2D eigenvalue weighted by Crippen LogP contribution is -2.47. The van der Waals surface area contributed by atoms with Crippen LogP contribution in [-0.4, -0.2) is 37.6 Å². The van der Waals surface area contributed by atoms with Crippen molar-refractivity contribution in [1.29, 1.82) is 5.53 Å². The predicted molar refractivity (Wildman–Crippen MR) is 109 cm³/mol. The number of benzene rings is 3. The molecule has 1 fully saturated rings. The summed E-state index contributed by atoms with van der Waals surface area (Å²) >= 11 is 0. The standard InChI is InChI=1S/C22H24N4O/c23-24-27-22-11-4-2-7-19(22)12-13-25-14-16-26(17-15-25)21-10-5-8-18-6-1-3-9-20(18)21/h1-11,23H,12-17H2. The van der Waals surface area contributed by atoms with E-state index in [1.807, 2.05) is 24.3 Å². The van der Waals surface area contributed by atoms with Crippen LogP contribution >= 0.6 is 0 Å². The average Bonchev–Trinajstić information content (AvgIpc) is 2.73. The van der Waals surface area contributed by atoms with Crippen LogP contribution in [0, 0.1) is 5.53 Å². The summed E-state index contributed by atoms with van der Waals surface area (Å²) in [5.41, 5.74) is 9.35. The molecular formula is C22H24N4O. The molecule has 4 rings (SSSR count). The summed E-state index contributed by atoms with van der Waals surface area (Å²) < 4.78 is 0. The molecule has 3 aromatic carbocycles. The molecule has 3 aromatic rings. The summed E-state index contributed by atoms with van der Waals surface area (Å²) in [6, 6.07) is 23.0. The second kappa shape index (κ2) is 8.18. The monoisotopic (exact) mass is 360 g/mol. The van der Waals surface area contributed by atoms with Crippen LogP contribution in [0.4, 0.5) is 5.69 Å². The average molecular weight is 360 g/mol. The van der Waals surface area contributed by atoms with Crippen molar-refractivity contribution in [3.63, 3.8) is 0 Å².